The minimum Gasteiger partial charge on any atom is -0.303 e. The van der Waals surface area contributed by atoms with Gasteiger partial charge in [0, 0.05) is 25.1 Å². The molecule has 1 aliphatic rings. The van der Waals surface area contributed by atoms with Crippen molar-refractivity contribution in [3.63, 3.8) is 0 Å². The molecule has 1 aromatic carbocycles. The molecule has 1 saturated carbocycles. The SMILES string of the molecule is CCN(CCC(=O)c1ccccc1C)CC1CC1. The van der Waals surface area contributed by atoms with E-state index in [1.54, 1.807) is 0 Å². The zero-order valence-corrected chi connectivity index (χ0v) is 11.5. The third kappa shape index (κ3) is 3.67. The second-order valence-electron chi connectivity index (χ2n) is 5.32. The summed E-state index contributed by atoms with van der Waals surface area (Å²) in [5.41, 5.74) is 1.98. The summed E-state index contributed by atoms with van der Waals surface area (Å²) < 4.78 is 0. The molecule has 0 aliphatic heterocycles. The molecule has 0 N–H and O–H groups in total. The number of hydrogen-bond acceptors (Lipinski definition) is 2. The van der Waals surface area contributed by atoms with Gasteiger partial charge in [0.15, 0.2) is 5.78 Å². The monoisotopic (exact) mass is 245 g/mol. The smallest absolute Gasteiger partial charge is 0.164 e. The van der Waals surface area contributed by atoms with Crippen LogP contribution in [0.3, 0.4) is 0 Å². The van der Waals surface area contributed by atoms with E-state index in [4.69, 9.17) is 0 Å². The minimum atomic E-state index is 0.280. The molecule has 2 nitrogen and oxygen atoms in total. The number of carbonyl (C=O) groups excluding carboxylic acids is 1. The summed E-state index contributed by atoms with van der Waals surface area (Å²) in [5, 5.41) is 0. The second-order valence-corrected chi connectivity index (χ2v) is 5.32. The van der Waals surface area contributed by atoms with Gasteiger partial charge in [0.05, 0.1) is 0 Å². The molecule has 0 saturated heterocycles. The van der Waals surface area contributed by atoms with Crippen molar-refractivity contribution in [1.29, 1.82) is 0 Å². The number of rotatable bonds is 7. The average molecular weight is 245 g/mol. The topological polar surface area (TPSA) is 20.3 Å². The van der Waals surface area contributed by atoms with Gasteiger partial charge in [-0.15, -0.1) is 0 Å². The summed E-state index contributed by atoms with van der Waals surface area (Å²) in [7, 11) is 0. The maximum absolute atomic E-state index is 12.2. The third-order valence-corrected chi connectivity index (χ3v) is 3.76. The first-order valence-corrected chi connectivity index (χ1v) is 7.02. The molecule has 0 amide bonds. The fraction of sp³-hybridized carbons (Fsp3) is 0.562. The highest BCUT2D eigenvalue weighted by Gasteiger charge is 2.23. The molecule has 0 spiro atoms. The van der Waals surface area contributed by atoms with Gasteiger partial charge in [0.2, 0.25) is 0 Å². The van der Waals surface area contributed by atoms with Gasteiger partial charge in [0.25, 0.3) is 0 Å². The zero-order chi connectivity index (χ0) is 13.0. The van der Waals surface area contributed by atoms with E-state index in [0.717, 1.165) is 30.1 Å². The van der Waals surface area contributed by atoms with Crippen LogP contribution in [0.4, 0.5) is 0 Å². The lowest BCUT2D eigenvalue weighted by molar-refractivity contribution is 0.0963. The highest BCUT2D eigenvalue weighted by molar-refractivity contribution is 5.97. The Morgan fingerprint density at radius 2 is 2.06 bits per heavy atom. The predicted molar refractivity (Wildman–Crippen MR) is 75.0 cm³/mol. The van der Waals surface area contributed by atoms with E-state index in [-0.39, 0.29) is 5.78 Å². The van der Waals surface area contributed by atoms with Crippen LogP contribution in [0, 0.1) is 12.8 Å². The molecule has 1 fully saturated rings. The van der Waals surface area contributed by atoms with Crippen LogP contribution in [-0.4, -0.2) is 30.3 Å². The molecule has 18 heavy (non-hydrogen) atoms. The molecule has 1 aromatic rings. The molecule has 0 unspecified atom stereocenters. The quantitative estimate of drug-likeness (QED) is 0.687. The zero-order valence-electron chi connectivity index (χ0n) is 11.5. The number of aryl methyl sites for hydroxylation is 1. The Hall–Kier alpha value is -1.15. The van der Waals surface area contributed by atoms with Crippen molar-refractivity contribution in [2.24, 2.45) is 5.92 Å². The Kier molecular flexibility index (Phi) is 4.54. The van der Waals surface area contributed by atoms with Crippen molar-refractivity contribution >= 4 is 5.78 Å². The van der Waals surface area contributed by atoms with Gasteiger partial charge in [-0.2, -0.15) is 0 Å². The van der Waals surface area contributed by atoms with E-state index in [0.29, 0.717) is 6.42 Å². The van der Waals surface area contributed by atoms with Crippen LogP contribution in [0.25, 0.3) is 0 Å². The molecule has 0 radical (unpaired) electrons. The number of ketones is 1. The Labute approximate surface area is 110 Å². The van der Waals surface area contributed by atoms with E-state index < -0.39 is 0 Å². The van der Waals surface area contributed by atoms with Crippen molar-refractivity contribution in [2.75, 3.05) is 19.6 Å². The van der Waals surface area contributed by atoms with Crippen molar-refractivity contribution in [3.8, 4) is 0 Å². The third-order valence-electron chi connectivity index (χ3n) is 3.76. The highest BCUT2D eigenvalue weighted by Crippen LogP contribution is 2.29. The summed E-state index contributed by atoms with van der Waals surface area (Å²) in [6, 6.07) is 7.88. The Morgan fingerprint density at radius 3 is 2.67 bits per heavy atom. The molecule has 0 bridgehead atoms. The van der Waals surface area contributed by atoms with Crippen LogP contribution >= 0.6 is 0 Å². The summed E-state index contributed by atoms with van der Waals surface area (Å²) in [6.45, 7) is 7.32. The van der Waals surface area contributed by atoms with Gasteiger partial charge >= 0.3 is 0 Å². The van der Waals surface area contributed by atoms with Crippen LogP contribution in [0.5, 0.6) is 0 Å². The molecule has 0 aromatic heterocycles. The highest BCUT2D eigenvalue weighted by atomic mass is 16.1. The molecule has 2 heteroatoms. The first-order chi connectivity index (χ1) is 8.70. The molecule has 0 atom stereocenters. The molecule has 98 valence electrons. The van der Waals surface area contributed by atoms with Crippen molar-refractivity contribution in [1.82, 2.24) is 4.90 Å². The fourth-order valence-electron chi connectivity index (χ4n) is 2.32. The normalized spacial score (nSPS) is 15.1. The van der Waals surface area contributed by atoms with Crippen LogP contribution < -0.4 is 0 Å². The first-order valence-electron chi connectivity index (χ1n) is 7.02. The van der Waals surface area contributed by atoms with E-state index in [2.05, 4.69) is 11.8 Å². The Bertz CT molecular complexity index is 409. The largest absolute Gasteiger partial charge is 0.303 e. The molecule has 0 heterocycles. The van der Waals surface area contributed by atoms with Crippen LogP contribution in [0.15, 0.2) is 24.3 Å². The maximum atomic E-state index is 12.2. The number of nitrogens with zero attached hydrogens (tertiary/aromatic N) is 1. The van der Waals surface area contributed by atoms with Gasteiger partial charge in [-0.05, 0) is 37.8 Å². The van der Waals surface area contributed by atoms with Gasteiger partial charge in [-0.3, -0.25) is 4.79 Å². The first kappa shape index (κ1) is 13.3. The molecular formula is C16H23NO. The Balaban J connectivity index is 1.85. The molecular weight excluding hydrogens is 222 g/mol. The summed E-state index contributed by atoms with van der Waals surface area (Å²) in [5.74, 6) is 1.18. The van der Waals surface area contributed by atoms with Crippen LogP contribution in [-0.2, 0) is 0 Å². The number of carbonyl (C=O) groups is 1. The number of hydrogen-bond donors (Lipinski definition) is 0. The van der Waals surface area contributed by atoms with E-state index in [1.165, 1.54) is 19.4 Å². The van der Waals surface area contributed by atoms with Crippen molar-refractivity contribution in [2.45, 2.75) is 33.1 Å². The second kappa shape index (κ2) is 6.14. The van der Waals surface area contributed by atoms with Gasteiger partial charge < -0.3 is 4.90 Å². The summed E-state index contributed by atoms with van der Waals surface area (Å²) in [4.78, 5) is 14.6. The standard InChI is InChI=1S/C16H23NO/c1-3-17(12-14-8-9-14)11-10-16(18)15-7-5-4-6-13(15)2/h4-7,14H,3,8-12H2,1-2H3. The van der Waals surface area contributed by atoms with E-state index >= 15 is 0 Å². The predicted octanol–water partition coefficient (Wildman–Crippen LogP) is 3.30. The summed E-state index contributed by atoms with van der Waals surface area (Å²) >= 11 is 0. The molecule has 2 rings (SSSR count). The number of Topliss-reactive ketones (excluding diaryl/α,β-unsaturated/α-hetero) is 1. The van der Waals surface area contributed by atoms with E-state index in [9.17, 15) is 4.79 Å². The van der Waals surface area contributed by atoms with Gasteiger partial charge in [0.1, 0.15) is 0 Å². The maximum Gasteiger partial charge on any atom is 0.164 e. The average Bonchev–Trinajstić information content (AvgIpc) is 3.18. The lowest BCUT2D eigenvalue weighted by Gasteiger charge is -2.19. The van der Waals surface area contributed by atoms with Crippen molar-refractivity contribution < 1.29 is 4.79 Å². The summed E-state index contributed by atoms with van der Waals surface area (Å²) in [6.07, 6.45) is 3.40. The lowest BCUT2D eigenvalue weighted by atomic mass is 10.0. The van der Waals surface area contributed by atoms with Gasteiger partial charge in [-0.25, -0.2) is 0 Å². The molecule has 1 aliphatic carbocycles. The van der Waals surface area contributed by atoms with E-state index in [1.807, 2.05) is 31.2 Å². The number of benzene rings is 1. The fourth-order valence-corrected chi connectivity index (χ4v) is 2.32. The van der Waals surface area contributed by atoms with Crippen LogP contribution in [0.1, 0.15) is 42.1 Å². The Morgan fingerprint density at radius 1 is 1.33 bits per heavy atom. The lowest BCUT2D eigenvalue weighted by Crippen LogP contribution is -2.28. The minimum absolute atomic E-state index is 0.280. The van der Waals surface area contributed by atoms with Crippen molar-refractivity contribution in [3.05, 3.63) is 35.4 Å². The van der Waals surface area contributed by atoms with Crippen LogP contribution in [0.2, 0.25) is 0 Å². The van der Waals surface area contributed by atoms with Gasteiger partial charge in [-0.1, -0.05) is 31.2 Å².